The van der Waals surface area contributed by atoms with E-state index in [0.29, 0.717) is 23.3 Å². The molecule has 2 rings (SSSR count). The number of rotatable bonds is 2. The Labute approximate surface area is 117 Å². The highest BCUT2D eigenvalue weighted by molar-refractivity contribution is 5.72. The molecule has 1 saturated carbocycles. The van der Waals surface area contributed by atoms with E-state index < -0.39 is 0 Å². The fourth-order valence-corrected chi connectivity index (χ4v) is 3.70. The predicted octanol–water partition coefficient (Wildman–Crippen LogP) is 2.94. The van der Waals surface area contributed by atoms with Crippen LogP contribution in [0.5, 0.6) is 0 Å². The maximum absolute atomic E-state index is 11.6. The molecule has 2 fully saturated rings. The fraction of sp³-hybridized carbons (Fsp3) is 0.938. The summed E-state index contributed by atoms with van der Waals surface area (Å²) >= 11 is 0. The van der Waals surface area contributed by atoms with Gasteiger partial charge in [-0.2, -0.15) is 0 Å². The zero-order valence-electron chi connectivity index (χ0n) is 13.1. The summed E-state index contributed by atoms with van der Waals surface area (Å²) in [4.78, 5) is 14.3. The lowest BCUT2D eigenvalue weighted by Crippen LogP contribution is -2.52. The molecule has 1 aliphatic heterocycles. The molecule has 1 aliphatic carbocycles. The molecule has 0 aromatic carbocycles. The molecule has 0 amide bonds. The van der Waals surface area contributed by atoms with Crippen LogP contribution in [-0.2, 0) is 9.53 Å². The Morgan fingerprint density at radius 3 is 2.26 bits per heavy atom. The molecule has 0 aromatic heterocycles. The predicted molar refractivity (Wildman–Crippen MR) is 76.8 cm³/mol. The van der Waals surface area contributed by atoms with Crippen molar-refractivity contribution in [2.24, 2.45) is 23.2 Å². The van der Waals surface area contributed by atoms with E-state index in [-0.39, 0.29) is 11.9 Å². The average molecular weight is 267 g/mol. The van der Waals surface area contributed by atoms with E-state index in [0.717, 1.165) is 19.3 Å². The molecule has 0 radical (unpaired) electrons. The molecule has 110 valence electrons. The van der Waals surface area contributed by atoms with Crippen LogP contribution in [0.15, 0.2) is 0 Å². The minimum Gasteiger partial charge on any atom is -0.469 e. The second-order valence-electron chi connectivity index (χ2n) is 7.26. The minimum atomic E-state index is -0.0130. The summed E-state index contributed by atoms with van der Waals surface area (Å²) in [6, 6.07) is 0.588. The van der Waals surface area contributed by atoms with Crippen molar-refractivity contribution in [3.05, 3.63) is 0 Å². The SMILES string of the molecule is COC(=O)[C@H]1CC[C@@H](N2CC(C)C(C)(C)C(C)C2)C1. The number of ether oxygens (including phenoxy) is 1. The molecule has 1 heterocycles. The summed E-state index contributed by atoms with van der Waals surface area (Å²) in [7, 11) is 1.50. The first-order valence-corrected chi connectivity index (χ1v) is 7.68. The number of carbonyl (C=O) groups is 1. The summed E-state index contributed by atoms with van der Waals surface area (Å²) < 4.78 is 4.89. The lowest BCUT2D eigenvalue weighted by Gasteiger charge is -2.49. The largest absolute Gasteiger partial charge is 0.469 e. The van der Waals surface area contributed by atoms with E-state index in [1.54, 1.807) is 0 Å². The van der Waals surface area contributed by atoms with Gasteiger partial charge < -0.3 is 4.74 Å². The van der Waals surface area contributed by atoms with Crippen molar-refractivity contribution in [3.63, 3.8) is 0 Å². The Kier molecular flexibility index (Phi) is 4.24. The molecule has 0 N–H and O–H groups in total. The van der Waals surface area contributed by atoms with Crippen LogP contribution in [-0.4, -0.2) is 37.1 Å². The second-order valence-corrected chi connectivity index (χ2v) is 7.26. The van der Waals surface area contributed by atoms with E-state index in [1.165, 1.54) is 20.2 Å². The van der Waals surface area contributed by atoms with Crippen LogP contribution in [0.2, 0.25) is 0 Å². The van der Waals surface area contributed by atoms with Gasteiger partial charge in [0.1, 0.15) is 0 Å². The first kappa shape index (κ1) is 14.8. The van der Waals surface area contributed by atoms with Gasteiger partial charge in [-0.15, -0.1) is 0 Å². The van der Waals surface area contributed by atoms with E-state index in [9.17, 15) is 4.79 Å². The Morgan fingerprint density at radius 2 is 1.74 bits per heavy atom. The second kappa shape index (κ2) is 5.43. The number of methoxy groups -OCH3 is 1. The molecular formula is C16H29NO2. The maximum atomic E-state index is 11.6. The van der Waals surface area contributed by atoms with Gasteiger partial charge in [-0.3, -0.25) is 9.69 Å². The van der Waals surface area contributed by atoms with Crippen LogP contribution < -0.4 is 0 Å². The molecule has 2 unspecified atom stereocenters. The number of likely N-dealkylation sites (tertiary alicyclic amines) is 1. The zero-order chi connectivity index (χ0) is 14.2. The third-order valence-corrected chi connectivity index (χ3v) is 6.01. The molecule has 3 nitrogen and oxygen atoms in total. The van der Waals surface area contributed by atoms with Crippen LogP contribution in [0.4, 0.5) is 0 Å². The summed E-state index contributed by atoms with van der Waals surface area (Å²) in [5.74, 6) is 1.55. The summed E-state index contributed by atoms with van der Waals surface area (Å²) in [6.07, 6.45) is 3.15. The summed E-state index contributed by atoms with van der Waals surface area (Å²) in [5.41, 5.74) is 0.427. The molecule has 4 atom stereocenters. The van der Waals surface area contributed by atoms with E-state index >= 15 is 0 Å². The third kappa shape index (κ3) is 2.81. The summed E-state index contributed by atoms with van der Waals surface area (Å²) in [6.45, 7) is 11.9. The van der Waals surface area contributed by atoms with E-state index in [2.05, 4.69) is 32.6 Å². The standard InChI is InChI=1S/C16H29NO2/c1-11-9-17(10-12(2)16(11,3)4)14-7-6-13(8-14)15(18)19-5/h11-14H,6-10H2,1-5H3/t11?,12?,13-,14+/m0/s1. The Bertz CT molecular complexity index is 326. The molecule has 19 heavy (non-hydrogen) atoms. The Hall–Kier alpha value is -0.570. The number of hydrogen-bond acceptors (Lipinski definition) is 3. The van der Waals surface area contributed by atoms with Crippen molar-refractivity contribution in [3.8, 4) is 0 Å². The smallest absolute Gasteiger partial charge is 0.308 e. The van der Waals surface area contributed by atoms with Gasteiger partial charge in [0.15, 0.2) is 0 Å². The molecule has 2 aliphatic rings. The van der Waals surface area contributed by atoms with Crippen LogP contribution in [0, 0.1) is 23.2 Å². The van der Waals surface area contributed by atoms with Crippen molar-refractivity contribution in [1.82, 2.24) is 4.90 Å². The average Bonchev–Trinajstić information content (AvgIpc) is 2.84. The maximum Gasteiger partial charge on any atom is 0.308 e. The highest BCUT2D eigenvalue weighted by Crippen LogP contribution is 2.42. The normalized spacial score (nSPS) is 39.2. The number of nitrogens with zero attached hydrogens (tertiary/aromatic N) is 1. The van der Waals surface area contributed by atoms with Gasteiger partial charge in [-0.25, -0.2) is 0 Å². The molecule has 0 bridgehead atoms. The quantitative estimate of drug-likeness (QED) is 0.720. The molecule has 3 heteroatoms. The monoisotopic (exact) mass is 267 g/mol. The van der Waals surface area contributed by atoms with Crippen molar-refractivity contribution in [2.75, 3.05) is 20.2 Å². The van der Waals surface area contributed by atoms with Crippen molar-refractivity contribution in [1.29, 1.82) is 0 Å². The lowest BCUT2D eigenvalue weighted by molar-refractivity contribution is -0.145. The fourth-order valence-electron chi connectivity index (χ4n) is 3.70. The number of hydrogen-bond donors (Lipinski definition) is 0. The topological polar surface area (TPSA) is 29.5 Å². The first-order valence-electron chi connectivity index (χ1n) is 7.68. The Balaban J connectivity index is 1.96. The van der Waals surface area contributed by atoms with Crippen LogP contribution in [0.3, 0.4) is 0 Å². The van der Waals surface area contributed by atoms with Crippen LogP contribution in [0.1, 0.15) is 47.0 Å². The van der Waals surface area contributed by atoms with Gasteiger partial charge in [0.05, 0.1) is 13.0 Å². The van der Waals surface area contributed by atoms with Crippen molar-refractivity contribution in [2.45, 2.75) is 53.0 Å². The highest BCUT2D eigenvalue weighted by Gasteiger charge is 2.42. The van der Waals surface area contributed by atoms with Crippen molar-refractivity contribution < 1.29 is 9.53 Å². The van der Waals surface area contributed by atoms with Gasteiger partial charge in [0.2, 0.25) is 0 Å². The molecular weight excluding hydrogens is 238 g/mol. The Morgan fingerprint density at radius 1 is 1.16 bits per heavy atom. The van der Waals surface area contributed by atoms with Crippen LogP contribution in [0.25, 0.3) is 0 Å². The zero-order valence-corrected chi connectivity index (χ0v) is 13.1. The lowest BCUT2D eigenvalue weighted by atomic mass is 9.67. The highest BCUT2D eigenvalue weighted by atomic mass is 16.5. The summed E-state index contributed by atoms with van der Waals surface area (Å²) in [5, 5.41) is 0. The van der Waals surface area contributed by atoms with Gasteiger partial charge in [0.25, 0.3) is 0 Å². The van der Waals surface area contributed by atoms with E-state index in [4.69, 9.17) is 4.74 Å². The van der Waals surface area contributed by atoms with Crippen molar-refractivity contribution >= 4 is 5.97 Å². The number of carbonyl (C=O) groups excluding carboxylic acids is 1. The van der Waals surface area contributed by atoms with Crippen LogP contribution >= 0.6 is 0 Å². The molecule has 0 spiro atoms. The van der Waals surface area contributed by atoms with Gasteiger partial charge >= 0.3 is 5.97 Å². The molecule has 1 saturated heterocycles. The third-order valence-electron chi connectivity index (χ3n) is 6.01. The first-order chi connectivity index (χ1) is 8.86. The minimum absolute atomic E-state index is 0.0130. The number of piperidine rings is 1. The van der Waals surface area contributed by atoms with Gasteiger partial charge in [-0.1, -0.05) is 27.7 Å². The number of esters is 1. The van der Waals surface area contributed by atoms with Gasteiger partial charge in [0, 0.05) is 19.1 Å². The van der Waals surface area contributed by atoms with E-state index in [1.807, 2.05) is 0 Å². The molecule has 0 aromatic rings. The van der Waals surface area contributed by atoms with Gasteiger partial charge in [-0.05, 0) is 36.5 Å².